The average Bonchev–Trinajstić information content (AvgIpc) is 2.70. The van der Waals surface area contributed by atoms with Gasteiger partial charge >= 0.3 is 0 Å². The number of nitrogen functional groups attached to an aromatic ring is 1. The lowest BCUT2D eigenvalue weighted by Gasteiger charge is -2.23. The normalized spacial score (nSPS) is 21.1. The van der Waals surface area contributed by atoms with Crippen LogP contribution in [0.3, 0.4) is 0 Å². The molecule has 2 saturated heterocycles. The molecule has 1 aromatic rings. The summed E-state index contributed by atoms with van der Waals surface area (Å²) in [5.74, 6) is -0.495. The van der Waals surface area contributed by atoms with Gasteiger partial charge in [-0.05, 0) is 43.5 Å². The van der Waals surface area contributed by atoms with Crippen LogP contribution in [0.2, 0.25) is 0 Å². The van der Waals surface area contributed by atoms with Gasteiger partial charge in [0.05, 0.1) is 13.1 Å². The van der Waals surface area contributed by atoms with E-state index < -0.39 is 6.04 Å². The van der Waals surface area contributed by atoms with Crippen LogP contribution in [0.25, 0.3) is 0 Å². The molecule has 0 aromatic heterocycles. The van der Waals surface area contributed by atoms with Crippen LogP contribution >= 0.6 is 0 Å². The van der Waals surface area contributed by atoms with E-state index in [0.717, 1.165) is 18.4 Å². The van der Waals surface area contributed by atoms with Crippen molar-refractivity contribution in [2.45, 2.75) is 37.8 Å². The van der Waals surface area contributed by atoms with E-state index in [2.05, 4.69) is 21.3 Å². The number of hydrogen-bond donors (Lipinski definition) is 6. The van der Waals surface area contributed by atoms with Gasteiger partial charge in [0.25, 0.3) is 0 Å². The molecule has 2 atom stereocenters. The Hall–Kier alpha value is -3.14. The number of nitrogens with two attached hydrogens (primary N) is 2. The van der Waals surface area contributed by atoms with Crippen LogP contribution in [0.4, 0.5) is 5.69 Å². The minimum atomic E-state index is -0.482. The SMILES string of the molecule is NCCCCC1NC(=O)CNC1=O.Nc1ccc(CC2NC(=O)CNC2=O)cc1. The molecular weight excluding hydrogens is 376 g/mol. The minimum Gasteiger partial charge on any atom is -0.399 e. The van der Waals surface area contributed by atoms with Gasteiger partial charge < -0.3 is 32.7 Å². The maximum atomic E-state index is 11.5. The summed E-state index contributed by atoms with van der Waals surface area (Å²) >= 11 is 0. The second kappa shape index (κ2) is 11.0. The van der Waals surface area contributed by atoms with Crippen LogP contribution in [-0.2, 0) is 25.6 Å². The number of carbonyl (C=O) groups is 4. The van der Waals surface area contributed by atoms with Crippen molar-refractivity contribution in [2.24, 2.45) is 5.73 Å². The van der Waals surface area contributed by atoms with Crippen LogP contribution in [-0.4, -0.2) is 55.3 Å². The summed E-state index contributed by atoms with van der Waals surface area (Å²) < 4.78 is 0. The van der Waals surface area contributed by atoms with Crippen molar-refractivity contribution < 1.29 is 19.2 Å². The third-order valence-corrected chi connectivity index (χ3v) is 4.52. The van der Waals surface area contributed by atoms with Crippen molar-refractivity contribution in [3.05, 3.63) is 29.8 Å². The van der Waals surface area contributed by atoms with E-state index in [1.165, 1.54) is 0 Å². The van der Waals surface area contributed by atoms with Crippen molar-refractivity contribution in [3.63, 3.8) is 0 Å². The monoisotopic (exact) mass is 404 g/mol. The zero-order chi connectivity index (χ0) is 21.2. The predicted octanol–water partition coefficient (Wildman–Crippen LogP) is -1.84. The lowest BCUT2D eigenvalue weighted by Crippen LogP contribution is -2.56. The van der Waals surface area contributed by atoms with Crippen molar-refractivity contribution in [2.75, 3.05) is 25.4 Å². The molecule has 29 heavy (non-hydrogen) atoms. The van der Waals surface area contributed by atoms with E-state index in [0.29, 0.717) is 25.1 Å². The fourth-order valence-corrected chi connectivity index (χ4v) is 2.93. The number of unbranched alkanes of at least 4 members (excludes halogenated alkanes) is 1. The number of carbonyl (C=O) groups excluding carboxylic acids is 4. The summed E-state index contributed by atoms with van der Waals surface area (Å²) in [4.78, 5) is 44.7. The summed E-state index contributed by atoms with van der Waals surface area (Å²) in [6.07, 6.45) is 2.92. The zero-order valence-corrected chi connectivity index (χ0v) is 16.2. The highest BCUT2D eigenvalue weighted by Gasteiger charge is 2.26. The second-order valence-corrected chi connectivity index (χ2v) is 6.91. The molecule has 3 rings (SSSR count). The summed E-state index contributed by atoms with van der Waals surface area (Å²) in [6.45, 7) is 0.797. The Bertz CT molecular complexity index is 737. The second-order valence-electron chi connectivity index (χ2n) is 6.91. The molecule has 158 valence electrons. The molecule has 2 unspecified atom stereocenters. The Morgan fingerprint density at radius 3 is 1.97 bits per heavy atom. The number of nitrogens with one attached hydrogen (secondary N) is 4. The number of piperazine rings is 2. The van der Waals surface area contributed by atoms with Crippen LogP contribution in [0.5, 0.6) is 0 Å². The van der Waals surface area contributed by atoms with E-state index in [9.17, 15) is 19.2 Å². The van der Waals surface area contributed by atoms with Crippen LogP contribution in [0.15, 0.2) is 24.3 Å². The Kier molecular flexibility index (Phi) is 8.41. The summed E-state index contributed by atoms with van der Waals surface area (Å²) in [6, 6.07) is 6.42. The van der Waals surface area contributed by atoms with Crippen molar-refractivity contribution >= 4 is 29.3 Å². The molecule has 0 spiro atoms. The maximum Gasteiger partial charge on any atom is 0.243 e. The van der Waals surface area contributed by atoms with Gasteiger partial charge in [0.15, 0.2) is 0 Å². The minimum absolute atomic E-state index is 0.0665. The Labute approximate surface area is 169 Å². The molecular formula is C19H28N6O4. The number of amides is 4. The van der Waals surface area contributed by atoms with Crippen molar-refractivity contribution in [3.8, 4) is 0 Å². The number of benzene rings is 1. The molecule has 8 N–H and O–H groups in total. The van der Waals surface area contributed by atoms with Gasteiger partial charge in [-0.3, -0.25) is 19.2 Å². The lowest BCUT2D eigenvalue weighted by molar-refractivity contribution is -0.133. The number of rotatable bonds is 6. The van der Waals surface area contributed by atoms with Gasteiger partial charge in [0.2, 0.25) is 23.6 Å². The van der Waals surface area contributed by atoms with E-state index in [1.807, 2.05) is 12.1 Å². The highest BCUT2D eigenvalue weighted by Crippen LogP contribution is 2.09. The highest BCUT2D eigenvalue weighted by molar-refractivity contribution is 5.95. The maximum absolute atomic E-state index is 11.5. The topological polar surface area (TPSA) is 168 Å². The first-order valence-corrected chi connectivity index (χ1v) is 9.57. The van der Waals surface area contributed by atoms with E-state index in [-0.39, 0.29) is 42.8 Å². The van der Waals surface area contributed by atoms with Crippen molar-refractivity contribution in [1.82, 2.24) is 21.3 Å². The summed E-state index contributed by atoms with van der Waals surface area (Å²) in [5.41, 5.74) is 12.5. The first-order chi connectivity index (χ1) is 13.9. The number of hydrogen-bond acceptors (Lipinski definition) is 6. The molecule has 10 heteroatoms. The smallest absolute Gasteiger partial charge is 0.243 e. The third kappa shape index (κ3) is 7.41. The summed E-state index contributed by atoms with van der Waals surface area (Å²) in [5, 5.41) is 10.3. The molecule has 0 bridgehead atoms. The standard InChI is InChI=1S/C11H13N3O2.C8H15N3O2/c12-8-3-1-7(2-4-8)5-9-11(16)13-6-10(15)14-9;9-4-2-1-3-6-8(13)10-5-7(12)11-6/h1-4,9H,5-6,12H2,(H,13,16)(H,14,15);6H,1-5,9H2,(H,10,13)(H,11,12). The first-order valence-electron chi connectivity index (χ1n) is 9.57. The largest absolute Gasteiger partial charge is 0.399 e. The first kappa shape index (κ1) is 22.2. The van der Waals surface area contributed by atoms with Crippen LogP contribution in [0.1, 0.15) is 24.8 Å². The van der Waals surface area contributed by atoms with Crippen LogP contribution < -0.4 is 32.7 Å². The highest BCUT2D eigenvalue weighted by atomic mass is 16.2. The van der Waals surface area contributed by atoms with Crippen molar-refractivity contribution in [1.29, 1.82) is 0 Å². The Morgan fingerprint density at radius 1 is 0.828 bits per heavy atom. The molecule has 2 fully saturated rings. The molecule has 2 aliphatic rings. The molecule has 0 saturated carbocycles. The molecule has 4 amide bonds. The molecule has 0 aliphatic carbocycles. The summed E-state index contributed by atoms with van der Waals surface area (Å²) in [7, 11) is 0. The molecule has 1 aromatic carbocycles. The van der Waals surface area contributed by atoms with E-state index >= 15 is 0 Å². The third-order valence-electron chi connectivity index (χ3n) is 4.52. The van der Waals surface area contributed by atoms with Gasteiger partial charge in [0.1, 0.15) is 12.1 Å². The molecule has 10 nitrogen and oxygen atoms in total. The van der Waals surface area contributed by atoms with Crippen LogP contribution in [0, 0.1) is 0 Å². The lowest BCUT2D eigenvalue weighted by atomic mass is 10.0. The van der Waals surface area contributed by atoms with Gasteiger partial charge in [-0.2, -0.15) is 0 Å². The Balaban J connectivity index is 0.000000212. The van der Waals surface area contributed by atoms with E-state index in [4.69, 9.17) is 11.5 Å². The Morgan fingerprint density at radius 2 is 1.38 bits per heavy atom. The predicted molar refractivity (Wildman–Crippen MR) is 107 cm³/mol. The quantitative estimate of drug-likeness (QED) is 0.240. The average molecular weight is 404 g/mol. The van der Waals surface area contributed by atoms with Gasteiger partial charge in [-0.15, -0.1) is 0 Å². The van der Waals surface area contributed by atoms with Gasteiger partial charge in [-0.1, -0.05) is 12.1 Å². The molecule has 0 radical (unpaired) electrons. The fourth-order valence-electron chi connectivity index (χ4n) is 2.93. The van der Waals surface area contributed by atoms with Gasteiger partial charge in [0, 0.05) is 12.1 Å². The molecule has 2 heterocycles. The number of anilines is 1. The zero-order valence-electron chi connectivity index (χ0n) is 16.2. The van der Waals surface area contributed by atoms with E-state index in [1.54, 1.807) is 12.1 Å². The molecule has 2 aliphatic heterocycles. The fraction of sp³-hybridized carbons (Fsp3) is 0.474. The van der Waals surface area contributed by atoms with Gasteiger partial charge in [-0.25, -0.2) is 0 Å².